The van der Waals surface area contributed by atoms with Gasteiger partial charge in [0.2, 0.25) is 11.7 Å². The number of amides is 3. The highest BCUT2D eigenvalue weighted by atomic mass is 35.5. The summed E-state index contributed by atoms with van der Waals surface area (Å²) in [5.41, 5.74) is -0.624. The summed E-state index contributed by atoms with van der Waals surface area (Å²) in [4.78, 5) is 49.7. The fourth-order valence-electron chi connectivity index (χ4n) is 6.15. The molecule has 0 bridgehead atoms. The van der Waals surface area contributed by atoms with E-state index in [2.05, 4.69) is 15.3 Å². The van der Waals surface area contributed by atoms with Crippen molar-refractivity contribution < 1.29 is 32.0 Å². The van der Waals surface area contributed by atoms with Crippen LogP contribution in [0.15, 0.2) is 47.5 Å². The topological polar surface area (TPSA) is 109 Å². The van der Waals surface area contributed by atoms with Gasteiger partial charge in [-0.1, -0.05) is 17.7 Å². The summed E-state index contributed by atoms with van der Waals surface area (Å²) in [6.45, 7) is 0.665. The molecule has 13 heteroatoms. The van der Waals surface area contributed by atoms with E-state index in [4.69, 9.17) is 16.0 Å². The fraction of sp³-hybridized carbons (Fsp3) is 0.393. The minimum absolute atomic E-state index is 0.0786. The first kappa shape index (κ1) is 27.3. The quantitative estimate of drug-likeness (QED) is 0.454. The largest absolute Gasteiger partial charge is 0.438 e. The highest BCUT2D eigenvalue weighted by molar-refractivity contribution is 6.30. The zero-order valence-corrected chi connectivity index (χ0v) is 22.4. The maximum Gasteiger partial charge on any atom is 0.291 e. The molecule has 0 unspecified atom stereocenters. The Hall–Kier alpha value is -3.93. The average Bonchev–Trinajstić information content (AvgIpc) is 3.54. The van der Waals surface area contributed by atoms with Crippen molar-refractivity contribution in [2.75, 3.05) is 24.5 Å². The van der Waals surface area contributed by atoms with Crippen LogP contribution in [0.2, 0.25) is 5.02 Å². The molecular formula is C28H25ClF3N5O4. The van der Waals surface area contributed by atoms with Crippen LogP contribution in [0, 0.1) is 11.7 Å². The summed E-state index contributed by atoms with van der Waals surface area (Å²) in [6.07, 6.45) is 3.14. The summed E-state index contributed by atoms with van der Waals surface area (Å²) in [6, 6.07) is 5.23. The van der Waals surface area contributed by atoms with E-state index in [1.54, 1.807) is 11.0 Å². The summed E-state index contributed by atoms with van der Waals surface area (Å²) < 4.78 is 46.1. The Morgan fingerprint density at radius 1 is 1.15 bits per heavy atom. The number of nitrogens with zero attached hydrogens (tertiary/aromatic N) is 4. The maximum atomic E-state index is 14.3. The summed E-state index contributed by atoms with van der Waals surface area (Å²) in [5, 5.41) is 2.90. The Morgan fingerprint density at radius 3 is 2.59 bits per heavy atom. The monoisotopic (exact) mass is 587 g/mol. The van der Waals surface area contributed by atoms with Gasteiger partial charge in [0.25, 0.3) is 18.2 Å². The summed E-state index contributed by atoms with van der Waals surface area (Å²) in [5.74, 6) is -1.50. The third-order valence-electron chi connectivity index (χ3n) is 8.23. The first-order chi connectivity index (χ1) is 19.7. The number of anilines is 1. The number of rotatable bonds is 6. The number of halogens is 4. The van der Waals surface area contributed by atoms with Gasteiger partial charge in [0, 0.05) is 31.9 Å². The number of carbonyl (C=O) groups excluding carboxylic acids is 3. The number of hydrogen-bond acceptors (Lipinski definition) is 6. The van der Waals surface area contributed by atoms with Crippen molar-refractivity contribution in [3.8, 4) is 0 Å². The lowest BCUT2D eigenvalue weighted by atomic mass is 9.74. The predicted octanol–water partition coefficient (Wildman–Crippen LogP) is 4.53. The molecular weight excluding hydrogens is 563 g/mol. The van der Waals surface area contributed by atoms with Crippen LogP contribution in [0.25, 0.3) is 0 Å². The molecule has 214 valence electrons. The molecule has 3 aromatic rings. The Balaban J connectivity index is 1.11. The van der Waals surface area contributed by atoms with E-state index >= 15 is 0 Å². The molecule has 0 radical (unpaired) electrons. The van der Waals surface area contributed by atoms with Gasteiger partial charge in [-0.2, -0.15) is 0 Å². The van der Waals surface area contributed by atoms with Gasteiger partial charge < -0.3 is 19.5 Å². The van der Waals surface area contributed by atoms with E-state index in [9.17, 15) is 27.6 Å². The van der Waals surface area contributed by atoms with Gasteiger partial charge in [-0.25, -0.2) is 18.2 Å². The fourth-order valence-corrected chi connectivity index (χ4v) is 6.30. The highest BCUT2D eigenvalue weighted by Gasteiger charge is 2.59. The second-order valence-corrected chi connectivity index (χ2v) is 11.2. The van der Waals surface area contributed by atoms with Gasteiger partial charge in [0.1, 0.15) is 16.9 Å². The van der Waals surface area contributed by atoms with Crippen LogP contribution < -0.4 is 10.2 Å². The van der Waals surface area contributed by atoms with Crippen molar-refractivity contribution >= 4 is 35.0 Å². The average molecular weight is 588 g/mol. The molecule has 1 saturated heterocycles. The van der Waals surface area contributed by atoms with E-state index in [1.807, 2.05) is 0 Å². The number of oxazole rings is 1. The summed E-state index contributed by atoms with van der Waals surface area (Å²) >= 11 is 5.88. The van der Waals surface area contributed by atoms with E-state index < -0.39 is 29.3 Å². The molecule has 3 amide bonds. The van der Waals surface area contributed by atoms with E-state index in [0.717, 1.165) is 6.20 Å². The number of hydrogen-bond donors (Lipinski definition) is 1. The number of fused-ring (bicyclic) bond motifs is 2. The third kappa shape index (κ3) is 4.83. The van der Waals surface area contributed by atoms with Crippen LogP contribution in [0.4, 0.5) is 18.9 Å². The van der Waals surface area contributed by atoms with Gasteiger partial charge in [0.05, 0.1) is 22.5 Å². The lowest BCUT2D eigenvalue weighted by molar-refractivity contribution is -0.128. The molecule has 3 aliphatic rings. The second-order valence-electron chi connectivity index (χ2n) is 10.8. The normalized spacial score (nSPS) is 21.2. The van der Waals surface area contributed by atoms with Crippen LogP contribution in [0.3, 0.4) is 0 Å². The van der Waals surface area contributed by atoms with Crippen LogP contribution in [0.1, 0.15) is 64.3 Å². The summed E-state index contributed by atoms with van der Waals surface area (Å²) in [7, 11) is 0. The highest BCUT2D eigenvalue weighted by Crippen LogP contribution is 2.48. The Morgan fingerprint density at radius 2 is 1.90 bits per heavy atom. The van der Waals surface area contributed by atoms with Crippen molar-refractivity contribution in [1.82, 2.24) is 20.2 Å². The second kappa shape index (κ2) is 10.5. The smallest absolute Gasteiger partial charge is 0.291 e. The lowest BCUT2D eigenvalue weighted by Gasteiger charge is -2.46. The van der Waals surface area contributed by atoms with E-state index in [0.29, 0.717) is 43.5 Å². The number of alkyl halides is 2. The number of likely N-dealkylation sites (tertiary alicyclic amines) is 1. The Bertz CT molecular complexity index is 1500. The Labute approximate surface area is 237 Å². The maximum absolute atomic E-state index is 14.3. The van der Waals surface area contributed by atoms with Crippen LogP contribution in [-0.2, 0) is 10.2 Å². The molecule has 41 heavy (non-hydrogen) atoms. The minimum atomic E-state index is -2.92. The van der Waals surface area contributed by atoms with Gasteiger partial charge in [-0.15, -0.1) is 0 Å². The molecule has 6 rings (SSSR count). The molecule has 1 aromatic carbocycles. The van der Waals surface area contributed by atoms with Crippen molar-refractivity contribution in [1.29, 1.82) is 0 Å². The van der Waals surface area contributed by atoms with Gasteiger partial charge in [0.15, 0.2) is 6.39 Å². The number of benzene rings is 1. The van der Waals surface area contributed by atoms with Crippen molar-refractivity contribution in [3.63, 3.8) is 0 Å². The molecule has 0 atom stereocenters. The van der Waals surface area contributed by atoms with E-state index in [-0.39, 0.29) is 53.2 Å². The zero-order chi connectivity index (χ0) is 28.9. The molecule has 2 aromatic heterocycles. The molecule has 1 aliphatic carbocycles. The molecule has 9 nitrogen and oxygen atoms in total. The first-order valence-corrected chi connectivity index (χ1v) is 13.6. The van der Waals surface area contributed by atoms with Gasteiger partial charge in [-0.3, -0.25) is 19.4 Å². The zero-order valence-electron chi connectivity index (χ0n) is 21.7. The third-order valence-corrected chi connectivity index (χ3v) is 8.44. The SMILES string of the molecule is O=C(NC1CCC(CN2C(=O)C3(CN(C(=O)c4cnco4)C3)c3ccc(F)cc32)CC1)c1cc(Cl)cnc1C(F)F. The van der Waals surface area contributed by atoms with Crippen LogP contribution in [0.5, 0.6) is 0 Å². The van der Waals surface area contributed by atoms with Crippen molar-refractivity contribution in [3.05, 3.63) is 76.5 Å². The number of carbonyl (C=O) groups is 3. The molecule has 2 aliphatic heterocycles. The molecule has 1 spiro atoms. The number of aromatic nitrogens is 2. The van der Waals surface area contributed by atoms with Crippen molar-refractivity contribution in [2.45, 2.75) is 43.6 Å². The molecule has 1 N–H and O–H groups in total. The molecule has 4 heterocycles. The van der Waals surface area contributed by atoms with E-state index in [1.165, 1.54) is 35.7 Å². The predicted molar refractivity (Wildman–Crippen MR) is 140 cm³/mol. The van der Waals surface area contributed by atoms with Gasteiger partial charge in [-0.05, 0) is 55.4 Å². The lowest BCUT2D eigenvalue weighted by Crippen LogP contribution is -2.65. The number of nitrogens with one attached hydrogen (secondary N) is 1. The molecule has 1 saturated carbocycles. The van der Waals surface area contributed by atoms with Gasteiger partial charge >= 0.3 is 0 Å². The first-order valence-electron chi connectivity index (χ1n) is 13.2. The van der Waals surface area contributed by atoms with Crippen LogP contribution in [-0.4, -0.2) is 58.3 Å². The minimum Gasteiger partial charge on any atom is -0.438 e. The standard InChI is InChI=1S/C28H25ClF3N5O4/c29-16-7-19(23(24(31)32)34-9-16)25(38)35-18-4-1-15(2-5-18)11-37-21-8-17(30)3-6-20(21)28(27(37)40)12-36(13-28)26(39)22-10-33-14-41-22/h3,6-10,14-15,18,24H,1-2,4-5,11-13H2,(H,35,38). The number of pyridine rings is 1. The molecule has 2 fully saturated rings. The van der Waals surface area contributed by atoms with Crippen LogP contribution >= 0.6 is 11.6 Å². The Kier molecular flexibility index (Phi) is 6.96. The van der Waals surface area contributed by atoms with Crippen molar-refractivity contribution in [2.24, 2.45) is 5.92 Å².